The van der Waals surface area contributed by atoms with Crippen molar-refractivity contribution in [2.75, 3.05) is 0 Å². The highest BCUT2D eigenvalue weighted by Gasteiger charge is 2.28. The average molecular weight is 491 g/mol. The van der Waals surface area contributed by atoms with Crippen LogP contribution in [0.3, 0.4) is 0 Å². The van der Waals surface area contributed by atoms with E-state index in [4.69, 9.17) is 0 Å². The van der Waals surface area contributed by atoms with Crippen LogP contribution in [0.5, 0.6) is 0 Å². The number of carbonyl (C=O) groups is 2. The topological polar surface area (TPSA) is 120 Å². The van der Waals surface area contributed by atoms with Crippen LogP contribution in [-0.2, 0) is 21.2 Å². The Kier molecular flexibility index (Phi) is 5.63. The van der Waals surface area contributed by atoms with Gasteiger partial charge in [-0.2, -0.15) is 0 Å². The predicted octanol–water partition coefficient (Wildman–Crippen LogP) is 2.37. The van der Waals surface area contributed by atoms with Gasteiger partial charge in [-0.25, -0.2) is 13.1 Å². The summed E-state index contributed by atoms with van der Waals surface area (Å²) in [4.78, 5) is 27.9. The van der Waals surface area contributed by atoms with Crippen molar-refractivity contribution in [3.63, 3.8) is 0 Å². The lowest BCUT2D eigenvalue weighted by atomic mass is 10.1. The van der Waals surface area contributed by atoms with Gasteiger partial charge in [0.25, 0.3) is 5.91 Å². The molecular formula is C20H19BrN4O4S. The molecule has 8 nitrogen and oxygen atoms in total. The van der Waals surface area contributed by atoms with Gasteiger partial charge in [-0.15, -0.1) is 0 Å². The third-order valence-corrected chi connectivity index (χ3v) is 6.94. The van der Waals surface area contributed by atoms with Crippen molar-refractivity contribution in [2.45, 2.75) is 30.2 Å². The van der Waals surface area contributed by atoms with Gasteiger partial charge in [0.05, 0.1) is 16.9 Å². The molecule has 156 valence electrons. The van der Waals surface area contributed by atoms with E-state index in [2.05, 4.69) is 36.5 Å². The fourth-order valence-electron chi connectivity index (χ4n) is 3.02. The molecule has 0 saturated heterocycles. The molecule has 0 aliphatic heterocycles. The molecule has 1 aliphatic carbocycles. The maximum absolute atomic E-state index is 12.5. The number of benzene rings is 2. The first-order chi connectivity index (χ1) is 14.3. The summed E-state index contributed by atoms with van der Waals surface area (Å²) < 4.78 is 27.8. The molecule has 1 aromatic heterocycles. The number of para-hydroxylation sites is 1. The van der Waals surface area contributed by atoms with E-state index in [1.165, 1.54) is 18.2 Å². The summed E-state index contributed by atoms with van der Waals surface area (Å²) in [5, 5.41) is 0.933. The van der Waals surface area contributed by atoms with E-state index in [-0.39, 0.29) is 22.9 Å². The number of rotatable bonds is 6. The molecule has 0 radical (unpaired) electrons. The molecule has 0 atom stereocenters. The number of H-pyrrole nitrogens is 1. The lowest BCUT2D eigenvalue weighted by Crippen LogP contribution is -2.42. The molecule has 4 N–H and O–H groups in total. The molecule has 2 amide bonds. The molecule has 30 heavy (non-hydrogen) atoms. The Morgan fingerprint density at radius 2 is 1.87 bits per heavy atom. The number of amides is 2. The van der Waals surface area contributed by atoms with Crippen LogP contribution >= 0.6 is 15.9 Å². The summed E-state index contributed by atoms with van der Waals surface area (Å²) in [6.07, 6.45) is 3.45. The number of carbonyl (C=O) groups excluding carboxylic acids is 2. The summed E-state index contributed by atoms with van der Waals surface area (Å²) in [5.74, 6) is -1.03. The molecular weight excluding hydrogens is 472 g/mol. The zero-order valence-electron chi connectivity index (χ0n) is 15.7. The summed E-state index contributed by atoms with van der Waals surface area (Å²) >= 11 is 3.25. The van der Waals surface area contributed by atoms with Gasteiger partial charge >= 0.3 is 0 Å². The highest BCUT2D eigenvalue weighted by molar-refractivity contribution is 9.10. The Morgan fingerprint density at radius 3 is 2.63 bits per heavy atom. The van der Waals surface area contributed by atoms with Crippen molar-refractivity contribution < 1.29 is 18.0 Å². The maximum atomic E-state index is 12.5. The van der Waals surface area contributed by atoms with E-state index < -0.39 is 21.8 Å². The van der Waals surface area contributed by atoms with Gasteiger partial charge in [0.2, 0.25) is 15.9 Å². The molecule has 1 aliphatic rings. The van der Waals surface area contributed by atoms with Crippen molar-refractivity contribution in [1.29, 1.82) is 0 Å². The maximum Gasteiger partial charge on any atom is 0.270 e. The van der Waals surface area contributed by atoms with E-state index in [0.29, 0.717) is 4.47 Å². The number of nitrogens with one attached hydrogen (secondary N) is 4. The van der Waals surface area contributed by atoms with Gasteiger partial charge in [0.1, 0.15) is 0 Å². The summed E-state index contributed by atoms with van der Waals surface area (Å²) in [6.45, 7) is 0. The number of aromatic amines is 1. The third-order valence-electron chi connectivity index (χ3n) is 4.73. The SMILES string of the molecule is O=C(Cc1c[nH]c2ccccc12)NNC(=O)c1cc(S(=O)(=O)NC2CC2)ccc1Br. The van der Waals surface area contributed by atoms with Crippen LogP contribution in [-0.4, -0.2) is 31.3 Å². The van der Waals surface area contributed by atoms with Crippen LogP contribution in [0, 0.1) is 0 Å². The molecule has 0 spiro atoms. The Bertz CT molecular complexity index is 1230. The smallest absolute Gasteiger partial charge is 0.270 e. The Balaban J connectivity index is 1.42. The fourth-order valence-corrected chi connectivity index (χ4v) is 4.78. The Morgan fingerprint density at radius 1 is 1.10 bits per heavy atom. The van der Waals surface area contributed by atoms with Crippen molar-refractivity contribution in [1.82, 2.24) is 20.6 Å². The first-order valence-corrected chi connectivity index (χ1v) is 11.6. The number of hydrogen-bond acceptors (Lipinski definition) is 4. The molecule has 2 aromatic carbocycles. The standard InChI is InChI=1S/C20H19BrN4O4S/c21-17-8-7-14(30(28,29)25-13-5-6-13)10-16(17)20(27)24-23-19(26)9-12-11-22-18-4-2-1-3-15(12)18/h1-4,7-8,10-11,13,22,25H,5-6,9H2,(H,23,26)(H,24,27). The third kappa shape index (κ3) is 4.55. The van der Waals surface area contributed by atoms with Crippen LogP contribution in [0.25, 0.3) is 10.9 Å². The summed E-state index contributed by atoms with van der Waals surface area (Å²) in [7, 11) is -3.70. The van der Waals surface area contributed by atoms with Crippen LogP contribution in [0.4, 0.5) is 0 Å². The highest BCUT2D eigenvalue weighted by Crippen LogP contribution is 2.25. The van der Waals surface area contributed by atoms with Gasteiger partial charge in [0, 0.05) is 27.6 Å². The van der Waals surface area contributed by atoms with E-state index in [1.54, 1.807) is 6.20 Å². The number of sulfonamides is 1. The second-order valence-corrected chi connectivity index (χ2v) is 9.64. The zero-order chi connectivity index (χ0) is 21.3. The molecule has 4 rings (SSSR count). The number of hydrogen-bond donors (Lipinski definition) is 4. The van der Waals surface area contributed by atoms with Crippen LogP contribution in [0.2, 0.25) is 0 Å². The van der Waals surface area contributed by atoms with E-state index in [1.807, 2.05) is 24.3 Å². The zero-order valence-corrected chi connectivity index (χ0v) is 18.1. The van der Waals surface area contributed by atoms with Crippen molar-refractivity contribution >= 4 is 48.7 Å². The van der Waals surface area contributed by atoms with Crippen molar-refractivity contribution in [3.8, 4) is 0 Å². The summed E-state index contributed by atoms with van der Waals surface area (Å²) in [6, 6.07) is 11.7. The second-order valence-electron chi connectivity index (χ2n) is 7.08. The van der Waals surface area contributed by atoms with Crippen LogP contribution in [0.1, 0.15) is 28.8 Å². The quantitative estimate of drug-likeness (QED) is 0.396. The van der Waals surface area contributed by atoms with Gasteiger partial charge in [-0.1, -0.05) is 18.2 Å². The van der Waals surface area contributed by atoms with Crippen molar-refractivity contribution in [2.24, 2.45) is 0 Å². The monoisotopic (exact) mass is 490 g/mol. The highest BCUT2D eigenvalue weighted by atomic mass is 79.9. The molecule has 0 unspecified atom stereocenters. The van der Waals surface area contributed by atoms with Gasteiger partial charge in [0.15, 0.2) is 0 Å². The average Bonchev–Trinajstić information content (AvgIpc) is 3.44. The largest absolute Gasteiger partial charge is 0.361 e. The number of aromatic nitrogens is 1. The van der Waals surface area contributed by atoms with E-state index in [9.17, 15) is 18.0 Å². The Hall–Kier alpha value is -2.69. The van der Waals surface area contributed by atoms with Crippen LogP contribution in [0.15, 0.2) is 58.0 Å². The molecule has 1 saturated carbocycles. The first kappa shape index (κ1) is 20.6. The van der Waals surface area contributed by atoms with Gasteiger partial charge in [-0.05, 0) is 58.6 Å². The molecule has 10 heteroatoms. The lowest BCUT2D eigenvalue weighted by molar-refractivity contribution is -0.121. The minimum absolute atomic E-state index is 0.00660. The molecule has 1 heterocycles. The predicted molar refractivity (Wildman–Crippen MR) is 115 cm³/mol. The second kappa shape index (κ2) is 8.21. The number of hydrazine groups is 1. The van der Waals surface area contributed by atoms with Gasteiger partial charge in [-0.3, -0.25) is 20.4 Å². The van der Waals surface area contributed by atoms with Crippen LogP contribution < -0.4 is 15.6 Å². The number of fused-ring (bicyclic) bond motifs is 1. The molecule has 0 bridgehead atoms. The molecule has 3 aromatic rings. The molecule has 1 fully saturated rings. The minimum atomic E-state index is -3.70. The minimum Gasteiger partial charge on any atom is -0.361 e. The van der Waals surface area contributed by atoms with E-state index in [0.717, 1.165) is 29.3 Å². The number of halogens is 1. The fraction of sp³-hybridized carbons (Fsp3) is 0.200. The first-order valence-electron chi connectivity index (χ1n) is 9.29. The van der Waals surface area contributed by atoms with Gasteiger partial charge < -0.3 is 4.98 Å². The lowest BCUT2D eigenvalue weighted by Gasteiger charge is -2.11. The van der Waals surface area contributed by atoms with E-state index >= 15 is 0 Å². The summed E-state index contributed by atoms with van der Waals surface area (Å²) in [5.41, 5.74) is 6.54. The normalized spacial score (nSPS) is 13.9. The Labute approximate surface area is 181 Å². The van der Waals surface area contributed by atoms with Crippen molar-refractivity contribution in [3.05, 3.63) is 64.3 Å².